The zero-order chi connectivity index (χ0) is 12.6. The van der Waals surface area contributed by atoms with Gasteiger partial charge >= 0.3 is 5.76 Å². The van der Waals surface area contributed by atoms with Crippen LogP contribution >= 0.6 is 0 Å². The molecule has 0 aromatic heterocycles. The van der Waals surface area contributed by atoms with Gasteiger partial charge in [0.15, 0.2) is 0 Å². The van der Waals surface area contributed by atoms with Crippen molar-refractivity contribution in [3.63, 3.8) is 0 Å². The first-order valence-electron chi connectivity index (χ1n) is 4.20. The summed E-state index contributed by atoms with van der Waals surface area (Å²) in [4.78, 5) is 0. The van der Waals surface area contributed by atoms with Gasteiger partial charge in [0.05, 0.1) is 0 Å². The van der Waals surface area contributed by atoms with Crippen LogP contribution in [0.25, 0.3) is 0 Å². The molecule has 1 heterocycles. The first kappa shape index (κ1) is 13.7. The second kappa shape index (κ2) is 4.49. The standard InChI is InChI=1S/C5H11F2N3O4S2/c6-5(7)15(11,12)9-1-3-10(4-2-9)16(8,13)14/h5H,1-4H2,(H2,8,13,14). The number of rotatable bonds is 3. The highest BCUT2D eigenvalue weighted by molar-refractivity contribution is 7.89. The normalized spacial score (nSPS) is 21.5. The largest absolute Gasteiger partial charge is 0.350 e. The molecule has 0 bridgehead atoms. The fourth-order valence-corrected chi connectivity index (χ4v) is 2.86. The van der Waals surface area contributed by atoms with Crippen molar-refractivity contribution in [2.45, 2.75) is 5.76 Å². The minimum Gasteiger partial charge on any atom is -0.216 e. The summed E-state index contributed by atoms with van der Waals surface area (Å²) in [6.07, 6.45) is 0. The van der Waals surface area contributed by atoms with Crippen LogP contribution in [0.5, 0.6) is 0 Å². The van der Waals surface area contributed by atoms with Crippen LogP contribution in [0.2, 0.25) is 0 Å². The maximum Gasteiger partial charge on any atom is 0.350 e. The molecule has 1 fully saturated rings. The highest BCUT2D eigenvalue weighted by atomic mass is 32.2. The van der Waals surface area contributed by atoms with Gasteiger partial charge < -0.3 is 0 Å². The average molecular weight is 279 g/mol. The Morgan fingerprint density at radius 1 is 0.938 bits per heavy atom. The molecule has 16 heavy (non-hydrogen) atoms. The maximum atomic E-state index is 12.1. The molecule has 96 valence electrons. The highest BCUT2D eigenvalue weighted by Gasteiger charge is 2.35. The van der Waals surface area contributed by atoms with Crippen LogP contribution in [0.3, 0.4) is 0 Å². The predicted molar refractivity (Wildman–Crippen MR) is 51.2 cm³/mol. The van der Waals surface area contributed by atoms with E-state index in [1.54, 1.807) is 0 Å². The summed E-state index contributed by atoms with van der Waals surface area (Å²) in [5.74, 6) is -3.49. The quantitative estimate of drug-likeness (QED) is 0.669. The van der Waals surface area contributed by atoms with Crippen molar-refractivity contribution in [2.75, 3.05) is 26.2 Å². The van der Waals surface area contributed by atoms with Crippen LogP contribution in [0.1, 0.15) is 0 Å². The molecule has 0 spiro atoms. The van der Waals surface area contributed by atoms with E-state index in [0.29, 0.717) is 4.31 Å². The third-order valence-corrected chi connectivity index (χ3v) is 4.76. The lowest BCUT2D eigenvalue weighted by Gasteiger charge is -2.31. The Kier molecular flexibility index (Phi) is 3.84. The second-order valence-electron chi connectivity index (χ2n) is 3.15. The van der Waals surface area contributed by atoms with Crippen molar-refractivity contribution >= 4 is 20.2 Å². The van der Waals surface area contributed by atoms with Crippen LogP contribution in [0.15, 0.2) is 0 Å². The number of halogens is 2. The van der Waals surface area contributed by atoms with Crippen molar-refractivity contribution in [1.82, 2.24) is 8.61 Å². The number of sulfonamides is 1. The first-order chi connectivity index (χ1) is 7.15. The topological polar surface area (TPSA) is 101 Å². The molecule has 0 amide bonds. The van der Waals surface area contributed by atoms with E-state index in [1.807, 2.05) is 0 Å². The van der Waals surface area contributed by atoms with Crippen molar-refractivity contribution in [2.24, 2.45) is 5.14 Å². The van der Waals surface area contributed by atoms with Gasteiger partial charge in [-0.1, -0.05) is 0 Å². The zero-order valence-corrected chi connectivity index (χ0v) is 9.72. The van der Waals surface area contributed by atoms with Gasteiger partial charge in [-0.05, 0) is 0 Å². The predicted octanol–water partition coefficient (Wildman–Crippen LogP) is -1.64. The maximum absolute atomic E-state index is 12.1. The van der Waals surface area contributed by atoms with Crippen LogP contribution < -0.4 is 5.14 Å². The van der Waals surface area contributed by atoms with E-state index >= 15 is 0 Å². The summed E-state index contributed by atoms with van der Waals surface area (Å²) < 4.78 is 69.4. The first-order valence-corrected chi connectivity index (χ1v) is 7.21. The van der Waals surface area contributed by atoms with Crippen molar-refractivity contribution < 1.29 is 25.6 Å². The molecule has 0 saturated carbocycles. The van der Waals surface area contributed by atoms with Gasteiger partial charge in [-0.2, -0.15) is 25.8 Å². The molecular weight excluding hydrogens is 268 g/mol. The van der Waals surface area contributed by atoms with Crippen molar-refractivity contribution in [3.05, 3.63) is 0 Å². The molecule has 0 atom stereocenters. The van der Waals surface area contributed by atoms with Crippen LogP contribution in [0, 0.1) is 0 Å². The summed E-state index contributed by atoms with van der Waals surface area (Å²) in [6.45, 7) is -1.07. The lowest BCUT2D eigenvalue weighted by molar-refractivity contribution is 0.205. The summed E-state index contributed by atoms with van der Waals surface area (Å²) in [5, 5.41) is 4.81. The fraction of sp³-hybridized carbons (Fsp3) is 1.00. The van der Waals surface area contributed by atoms with E-state index in [9.17, 15) is 25.6 Å². The number of nitrogens with zero attached hydrogens (tertiary/aromatic N) is 2. The molecular formula is C5H11F2N3O4S2. The van der Waals surface area contributed by atoms with Crippen LogP contribution in [-0.2, 0) is 20.2 Å². The van der Waals surface area contributed by atoms with Crippen molar-refractivity contribution in [3.8, 4) is 0 Å². The SMILES string of the molecule is NS(=O)(=O)N1CCN(S(=O)(=O)C(F)F)CC1. The Labute approximate surface area is 92.0 Å². The molecule has 1 saturated heterocycles. The monoisotopic (exact) mass is 279 g/mol. The van der Waals surface area contributed by atoms with E-state index in [0.717, 1.165) is 4.31 Å². The molecule has 0 radical (unpaired) electrons. The third kappa shape index (κ3) is 2.85. The molecule has 0 aliphatic carbocycles. The van der Waals surface area contributed by atoms with E-state index in [1.165, 1.54) is 0 Å². The van der Waals surface area contributed by atoms with Gasteiger partial charge in [0, 0.05) is 26.2 Å². The van der Waals surface area contributed by atoms with Gasteiger partial charge in [0.2, 0.25) is 0 Å². The smallest absolute Gasteiger partial charge is 0.216 e. The minimum atomic E-state index is -4.63. The molecule has 1 aliphatic rings. The zero-order valence-electron chi connectivity index (χ0n) is 8.08. The molecule has 1 aliphatic heterocycles. The third-order valence-electron chi connectivity index (χ3n) is 2.14. The number of nitrogens with two attached hydrogens (primary N) is 1. The lowest BCUT2D eigenvalue weighted by Crippen LogP contribution is -2.53. The fourth-order valence-electron chi connectivity index (χ4n) is 1.29. The van der Waals surface area contributed by atoms with Gasteiger partial charge in [0.25, 0.3) is 20.2 Å². The molecule has 1 rings (SSSR count). The Morgan fingerprint density at radius 3 is 1.62 bits per heavy atom. The van der Waals surface area contributed by atoms with E-state index in [-0.39, 0.29) is 26.2 Å². The molecule has 0 aromatic carbocycles. The van der Waals surface area contributed by atoms with Gasteiger partial charge in [-0.15, -0.1) is 0 Å². The Balaban J connectivity index is 2.70. The van der Waals surface area contributed by atoms with Gasteiger partial charge in [0.1, 0.15) is 0 Å². The highest BCUT2D eigenvalue weighted by Crippen LogP contribution is 2.15. The summed E-state index contributed by atoms with van der Waals surface area (Å²) in [5.41, 5.74) is 0. The van der Waals surface area contributed by atoms with E-state index in [2.05, 4.69) is 0 Å². The van der Waals surface area contributed by atoms with Gasteiger partial charge in [-0.25, -0.2) is 13.6 Å². The summed E-state index contributed by atoms with van der Waals surface area (Å²) >= 11 is 0. The number of hydrogen-bond donors (Lipinski definition) is 1. The van der Waals surface area contributed by atoms with Crippen LogP contribution in [0.4, 0.5) is 8.78 Å². The molecule has 0 unspecified atom stereocenters. The summed E-state index contributed by atoms with van der Waals surface area (Å²) in [6, 6.07) is 0. The number of piperazine rings is 1. The lowest BCUT2D eigenvalue weighted by atomic mass is 10.4. The molecule has 11 heteroatoms. The average Bonchev–Trinajstić information content (AvgIpc) is 2.16. The second-order valence-corrected chi connectivity index (χ2v) is 6.60. The van der Waals surface area contributed by atoms with Crippen molar-refractivity contribution in [1.29, 1.82) is 0 Å². The Morgan fingerprint density at radius 2 is 1.31 bits per heavy atom. The Bertz CT molecular complexity index is 440. The molecule has 7 nitrogen and oxygen atoms in total. The summed E-state index contributed by atoms with van der Waals surface area (Å²) in [7, 11) is -8.52. The number of hydrogen-bond acceptors (Lipinski definition) is 4. The van der Waals surface area contributed by atoms with Gasteiger partial charge in [-0.3, -0.25) is 0 Å². The Hall–Kier alpha value is -0.360. The molecule has 2 N–H and O–H groups in total. The minimum absolute atomic E-state index is 0.217. The van der Waals surface area contributed by atoms with Crippen LogP contribution in [-0.4, -0.2) is 57.4 Å². The number of alkyl halides is 2. The molecule has 0 aromatic rings. The van der Waals surface area contributed by atoms with E-state index < -0.39 is 26.0 Å². The van der Waals surface area contributed by atoms with E-state index in [4.69, 9.17) is 5.14 Å².